The number of carbonyl (C=O) groups is 3. The Balaban J connectivity index is 2.26. The van der Waals surface area contributed by atoms with Gasteiger partial charge in [-0.25, -0.2) is 4.79 Å². The number of carbonyl (C=O) groups excluding carboxylic acids is 3. The summed E-state index contributed by atoms with van der Waals surface area (Å²) in [4.78, 5) is 36.3. The standard InChI is InChI=1S/C12H12N2O3/c1-8-5-3-4-6-9(8)7-14-11(16)10(15)13(2)12(14)17/h3-6H,7H2,1-2H3. The number of rotatable bonds is 2. The number of aryl methyl sites for hydroxylation is 1. The summed E-state index contributed by atoms with van der Waals surface area (Å²) in [7, 11) is 1.31. The highest BCUT2D eigenvalue weighted by atomic mass is 16.2. The van der Waals surface area contributed by atoms with Gasteiger partial charge in [0.05, 0.1) is 6.54 Å². The molecule has 0 radical (unpaired) electrons. The zero-order valence-electron chi connectivity index (χ0n) is 9.64. The highest BCUT2D eigenvalue weighted by Crippen LogP contribution is 2.16. The Bertz CT molecular complexity index is 510. The quantitative estimate of drug-likeness (QED) is 0.562. The molecule has 0 bridgehead atoms. The molecule has 5 nitrogen and oxygen atoms in total. The summed E-state index contributed by atoms with van der Waals surface area (Å²) in [5, 5.41) is 0. The lowest BCUT2D eigenvalue weighted by molar-refractivity contribution is -0.143. The molecule has 1 aliphatic heterocycles. The van der Waals surface area contributed by atoms with E-state index < -0.39 is 17.8 Å². The second kappa shape index (κ2) is 4.01. The van der Waals surface area contributed by atoms with Crippen LogP contribution >= 0.6 is 0 Å². The summed E-state index contributed by atoms with van der Waals surface area (Å²) in [6.45, 7) is 2.03. The normalized spacial score (nSPS) is 16.0. The molecule has 0 unspecified atom stereocenters. The molecule has 1 aliphatic rings. The number of hydrogen-bond acceptors (Lipinski definition) is 3. The molecule has 1 aromatic carbocycles. The van der Waals surface area contributed by atoms with Crippen LogP contribution in [0.5, 0.6) is 0 Å². The summed E-state index contributed by atoms with van der Waals surface area (Å²) in [6, 6.07) is 6.87. The van der Waals surface area contributed by atoms with Crippen LogP contribution in [-0.2, 0) is 16.1 Å². The van der Waals surface area contributed by atoms with E-state index in [1.54, 1.807) is 0 Å². The van der Waals surface area contributed by atoms with Gasteiger partial charge in [0.1, 0.15) is 0 Å². The van der Waals surface area contributed by atoms with E-state index in [1.165, 1.54) is 7.05 Å². The fourth-order valence-electron chi connectivity index (χ4n) is 1.71. The van der Waals surface area contributed by atoms with Crippen molar-refractivity contribution in [3.63, 3.8) is 0 Å². The molecule has 0 aromatic heterocycles. The summed E-state index contributed by atoms with van der Waals surface area (Å²) in [5.74, 6) is -1.54. The minimum absolute atomic E-state index is 0.139. The lowest BCUT2D eigenvalue weighted by Gasteiger charge is -2.14. The van der Waals surface area contributed by atoms with Gasteiger partial charge in [0.2, 0.25) is 0 Å². The van der Waals surface area contributed by atoms with Crippen LogP contribution in [0.2, 0.25) is 0 Å². The summed E-state index contributed by atoms with van der Waals surface area (Å²) >= 11 is 0. The van der Waals surface area contributed by atoms with Gasteiger partial charge in [0.15, 0.2) is 0 Å². The summed E-state index contributed by atoms with van der Waals surface area (Å²) in [5.41, 5.74) is 1.84. The number of likely N-dealkylation sites (N-methyl/N-ethyl adjacent to an activating group) is 1. The van der Waals surface area contributed by atoms with Crippen LogP contribution in [0.25, 0.3) is 0 Å². The molecule has 5 heteroatoms. The fraction of sp³-hybridized carbons (Fsp3) is 0.250. The number of urea groups is 1. The Morgan fingerprint density at radius 1 is 1.06 bits per heavy atom. The maximum atomic E-state index is 11.7. The molecule has 1 heterocycles. The Kier molecular flexibility index (Phi) is 2.67. The lowest BCUT2D eigenvalue weighted by atomic mass is 10.1. The first kappa shape index (κ1) is 11.3. The number of benzene rings is 1. The largest absolute Gasteiger partial charge is 0.334 e. The summed E-state index contributed by atoms with van der Waals surface area (Å²) in [6.07, 6.45) is 0. The first-order valence-electron chi connectivity index (χ1n) is 5.20. The third kappa shape index (κ3) is 1.80. The van der Waals surface area contributed by atoms with Crippen LogP contribution in [0.15, 0.2) is 24.3 Å². The molecule has 17 heavy (non-hydrogen) atoms. The summed E-state index contributed by atoms with van der Waals surface area (Å²) < 4.78 is 0. The predicted octanol–water partition coefficient (Wildman–Crippen LogP) is 0.916. The Labute approximate surface area is 98.6 Å². The Morgan fingerprint density at radius 2 is 1.71 bits per heavy atom. The van der Waals surface area contributed by atoms with Gasteiger partial charge in [0.25, 0.3) is 0 Å². The maximum absolute atomic E-state index is 11.7. The van der Waals surface area contributed by atoms with Crippen LogP contribution in [0.1, 0.15) is 11.1 Å². The van der Waals surface area contributed by atoms with Crippen molar-refractivity contribution in [1.82, 2.24) is 9.80 Å². The van der Waals surface area contributed by atoms with Crippen molar-refractivity contribution in [1.29, 1.82) is 0 Å². The van der Waals surface area contributed by atoms with Gasteiger partial charge in [-0.15, -0.1) is 0 Å². The van der Waals surface area contributed by atoms with Gasteiger partial charge in [-0.05, 0) is 18.1 Å². The van der Waals surface area contributed by atoms with E-state index in [0.29, 0.717) is 0 Å². The minimum atomic E-state index is -0.774. The molecule has 1 aromatic rings. The number of hydrogen-bond donors (Lipinski definition) is 0. The van der Waals surface area contributed by atoms with Crippen LogP contribution < -0.4 is 0 Å². The molecule has 4 amide bonds. The molecular formula is C12H12N2O3. The first-order chi connectivity index (χ1) is 8.02. The van der Waals surface area contributed by atoms with Crippen LogP contribution in [0.3, 0.4) is 0 Å². The van der Waals surface area contributed by atoms with Crippen molar-refractivity contribution in [2.45, 2.75) is 13.5 Å². The molecule has 1 fully saturated rings. The molecule has 0 aliphatic carbocycles. The van der Waals surface area contributed by atoms with Gasteiger partial charge in [-0.1, -0.05) is 24.3 Å². The van der Waals surface area contributed by atoms with E-state index in [2.05, 4.69) is 0 Å². The number of imide groups is 2. The van der Waals surface area contributed by atoms with E-state index in [9.17, 15) is 14.4 Å². The maximum Gasteiger partial charge on any atom is 0.334 e. The molecule has 0 N–H and O–H groups in total. The van der Waals surface area contributed by atoms with Crippen molar-refractivity contribution in [3.05, 3.63) is 35.4 Å². The minimum Gasteiger partial charge on any atom is -0.263 e. The average molecular weight is 232 g/mol. The number of amides is 4. The molecule has 88 valence electrons. The van der Waals surface area contributed by atoms with E-state index in [1.807, 2.05) is 31.2 Å². The molecule has 2 rings (SSSR count). The third-order valence-corrected chi connectivity index (χ3v) is 2.84. The Morgan fingerprint density at radius 3 is 2.24 bits per heavy atom. The van der Waals surface area contributed by atoms with Gasteiger partial charge in [-0.3, -0.25) is 19.4 Å². The predicted molar refractivity (Wildman–Crippen MR) is 59.9 cm³/mol. The van der Waals surface area contributed by atoms with Crippen LogP contribution in [0, 0.1) is 6.92 Å². The van der Waals surface area contributed by atoms with Crippen molar-refractivity contribution in [2.24, 2.45) is 0 Å². The fourth-order valence-corrected chi connectivity index (χ4v) is 1.71. The highest BCUT2D eigenvalue weighted by Gasteiger charge is 2.42. The topological polar surface area (TPSA) is 57.7 Å². The molecule has 0 saturated carbocycles. The molecule has 1 saturated heterocycles. The molecule has 0 atom stereocenters. The second-order valence-electron chi connectivity index (χ2n) is 3.96. The Hall–Kier alpha value is -2.17. The van der Waals surface area contributed by atoms with E-state index in [-0.39, 0.29) is 6.54 Å². The van der Waals surface area contributed by atoms with Gasteiger partial charge >= 0.3 is 17.8 Å². The second-order valence-corrected chi connectivity index (χ2v) is 3.96. The van der Waals surface area contributed by atoms with Crippen molar-refractivity contribution >= 4 is 17.8 Å². The van der Waals surface area contributed by atoms with E-state index in [0.717, 1.165) is 20.9 Å². The van der Waals surface area contributed by atoms with Gasteiger partial charge in [0, 0.05) is 7.05 Å². The first-order valence-corrected chi connectivity index (χ1v) is 5.20. The van der Waals surface area contributed by atoms with E-state index in [4.69, 9.17) is 0 Å². The third-order valence-electron chi connectivity index (χ3n) is 2.84. The monoisotopic (exact) mass is 232 g/mol. The van der Waals surface area contributed by atoms with Gasteiger partial charge in [-0.2, -0.15) is 0 Å². The molecular weight excluding hydrogens is 220 g/mol. The van der Waals surface area contributed by atoms with Crippen molar-refractivity contribution in [2.75, 3.05) is 7.05 Å². The van der Waals surface area contributed by atoms with Crippen LogP contribution in [0.4, 0.5) is 4.79 Å². The van der Waals surface area contributed by atoms with Crippen molar-refractivity contribution < 1.29 is 14.4 Å². The van der Waals surface area contributed by atoms with E-state index >= 15 is 0 Å². The smallest absolute Gasteiger partial charge is 0.263 e. The highest BCUT2D eigenvalue weighted by molar-refractivity contribution is 6.44. The lowest BCUT2D eigenvalue weighted by Crippen LogP contribution is -2.31. The molecule has 0 spiro atoms. The van der Waals surface area contributed by atoms with Crippen molar-refractivity contribution in [3.8, 4) is 0 Å². The number of nitrogens with zero attached hydrogens (tertiary/aromatic N) is 2. The SMILES string of the molecule is Cc1ccccc1CN1C(=O)C(=O)N(C)C1=O. The van der Waals surface area contributed by atoms with Gasteiger partial charge < -0.3 is 0 Å². The zero-order chi connectivity index (χ0) is 12.6. The zero-order valence-corrected chi connectivity index (χ0v) is 9.64. The average Bonchev–Trinajstić information content (AvgIpc) is 2.50. The van der Waals surface area contributed by atoms with Crippen LogP contribution in [-0.4, -0.2) is 34.7 Å².